The van der Waals surface area contributed by atoms with E-state index in [0.717, 1.165) is 0 Å². The number of pyridine rings is 1. The number of benzene rings is 1. The van der Waals surface area contributed by atoms with E-state index in [1.54, 1.807) is 19.1 Å². The van der Waals surface area contributed by atoms with Gasteiger partial charge in [-0.2, -0.15) is 0 Å². The smallest absolute Gasteiger partial charge is 0.270 e. The number of aryl methyl sites for hydroxylation is 1. The first kappa shape index (κ1) is 15.6. The summed E-state index contributed by atoms with van der Waals surface area (Å²) >= 11 is 6.46. The van der Waals surface area contributed by atoms with Gasteiger partial charge in [-0.25, -0.2) is 4.98 Å². The molecule has 6 nitrogen and oxygen atoms in total. The summed E-state index contributed by atoms with van der Waals surface area (Å²) in [7, 11) is 0. The van der Waals surface area contributed by atoms with Gasteiger partial charge in [0.2, 0.25) is 0 Å². The Morgan fingerprint density at radius 1 is 1.29 bits per heavy atom. The molecule has 2 aromatic rings. The number of hydrogen-bond donors (Lipinski definition) is 1. The summed E-state index contributed by atoms with van der Waals surface area (Å²) in [6, 6.07) is 7.43. The first-order valence-electron chi connectivity index (χ1n) is 5.77. The van der Waals surface area contributed by atoms with Gasteiger partial charge in [-0.05, 0) is 57.0 Å². The number of non-ortho nitro benzene ring substituents is 1. The van der Waals surface area contributed by atoms with Crippen molar-refractivity contribution in [1.82, 2.24) is 4.98 Å². The summed E-state index contributed by atoms with van der Waals surface area (Å²) in [5.74, 6) is -0.446. The van der Waals surface area contributed by atoms with E-state index in [1.807, 2.05) is 0 Å². The molecule has 8 heteroatoms. The number of anilines is 1. The first-order chi connectivity index (χ1) is 9.88. The van der Waals surface area contributed by atoms with E-state index in [-0.39, 0.29) is 11.3 Å². The molecule has 1 heterocycles. The highest BCUT2D eigenvalue weighted by Crippen LogP contribution is 2.24. The molecule has 1 N–H and O–H groups in total. The molecule has 0 aliphatic carbocycles. The molecule has 0 spiro atoms. The fourth-order valence-corrected chi connectivity index (χ4v) is 2.48. The van der Waals surface area contributed by atoms with Crippen LogP contribution in [0.4, 0.5) is 11.4 Å². The summed E-state index contributed by atoms with van der Waals surface area (Å²) in [6.07, 6.45) is 0. The molecule has 0 aliphatic rings. The van der Waals surface area contributed by atoms with Crippen LogP contribution in [0.1, 0.15) is 16.1 Å². The highest BCUT2D eigenvalue weighted by molar-refractivity contribution is 9.10. The minimum atomic E-state index is -0.546. The maximum absolute atomic E-state index is 12.2. The SMILES string of the molecule is Cc1nc(Br)ccc1NC(=O)c1cc([N+](=O)[O-])ccc1Br. The number of halogens is 2. The Bertz CT molecular complexity index is 735. The van der Waals surface area contributed by atoms with E-state index < -0.39 is 10.8 Å². The minimum Gasteiger partial charge on any atom is -0.320 e. The Kier molecular flexibility index (Phi) is 4.69. The van der Waals surface area contributed by atoms with Crippen molar-refractivity contribution < 1.29 is 9.72 Å². The van der Waals surface area contributed by atoms with Gasteiger partial charge >= 0.3 is 0 Å². The average Bonchev–Trinajstić information content (AvgIpc) is 2.42. The van der Waals surface area contributed by atoms with Crippen molar-refractivity contribution in [1.29, 1.82) is 0 Å². The van der Waals surface area contributed by atoms with E-state index in [4.69, 9.17) is 0 Å². The number of nitro benzene ring substituents is 1. The molecular formula is C13H9Br2N3O3. The Morgan fingerprint density at radius 3 is 2.62 bits per heavy atom. The van der Waals surface area contributed by atoms with Crippen molar-refractivity contribution in [2.24, 2.45) is 0 Å². The van der Waals surface area contributed by atoms with Crippen LogP contribution in [0.2, 0.25) is 0 Å². The van der Waals surface area contributed by atoms with Gasteiger partial charge in [-0.1, -0.05) is 0 Å². The molecule has 0 saturated carbocycles. The van der Waals surface area contributed by atoms with E-state index in [0.29, 0.717) is 20.5 Å². The van der Waals surface area contributed by atoms with Crippen LogP contribution in [-0.4, -0.2) is 15.8 Å². The molecule has 0 bridgehead atoms. The lowest BCUT2D eigenvalue weighted by atomic mass is 10.2. The van der Waals surface area contributed by atoms with Crippen LogP contribution in [0.25, 0.3) is 0 Å². The zero-order valence-corrected chi connectivity index (χ0v) is 13.9. The van der Waals surface area contributed by atoms with Gasteiger partial charge in [-0.15, -0.1) is 0 Å². The molecule has 1 amide bonds. The Morgan fingerprint density at radius 2 is 2.00 bits per heavy atom. The Labute approximate surface area is 137 Å². The minimum absolute atomic E-state index is 0.144. The zero-order chi connectivity index (χ0) is 15.6. The third-order valence-corrected chi connectivity index (χ3v) is 3.84. The molecule has 1 aromatic carbocycles. The number of carbonyl (C=O) groups excluding carboxylic acids is 1. The summed E-state index contributed by atoms with van der Waals surface area (Å²) < 4.78 is 1.14. The van der Waals surface area contributed by atoms with Crippen LogP contribution < -0.4 is 5.32 Å². The molecule has 2 rings (SSSR count). The van der Waals surface area contributed by atoms with Crippen molar-refractivity contribution >= 4 is 49.1 Å². The van der Waals surface area contributed by atoms with Crippen LogP contribution in [-0.2, 0) is 0 Å². The number of carbonyl (C=O) groups is 1. The predicted octanol–water partition coefficient (Wildman–Crippen LogP) is 4.08. The highest BCUT2D eigenvalue weighted by atomic mass is 79.9. The normalized spacial score (nSPS) is 10.2. The Hall–Kier alpha value is -1.80. The van der Waals surface area contributed by atoms with E-state index in [1.165, 1.54) is 18.2 Å². The molecule has 0 fully saturated rings. The predicted molar refractivity (Wildman–Crippen MR) is 85.4 cm³/mol. The lowest BCUT2D eigenvalue weighted by Crippen LogP contribution is -2.14. The van der Waals surface area contributed by atoms with Crippen molar-refractivity contribution in [2.75, 3.05) is 5.32 Å². The van der Waals surface area contributed by atoms with Crippen LogP contribution in [0.15, 0.2) is 39.4 Å². The first-order valence-corrected chi connectivity index (χ1v) is 7.35. The number of aromatic nitrogens is 1. The summed E-state index contributed by atoms with van der Waals surface area (Å²) in [5, 5.41) is 13.5. The lowest BCUT2D eigenvalue weighted by Gasteiger charge is -2.09. The van der Waals surface area contributed by atoms with Crippen LogP contribution in [0.5, 0.6) is 0 Å². The molecule has 108 valence electrons. The second kappa shape index (κ2) is 6.31. The standard InChI is InChI=1S/C13H9Br2N3O3/c1-7-11(4-5-12(15)16-7)17-13(19)9-6-8(18(20)21)2-3-10(9)14/h2-6H,1H3,(H,17,19). The van der Waals surface area contributed by atoms with E-state index in [9.17, 15) is 14.9 Å². The molecular weight excluding hydrogens is 406 g/mol. The number of hydrogen-bond acceptors (Lipinski definition) is 4. The van der Waals surface area contributed by atoms with Gasteiger partial charge in [0.15, 0.2) is 0 Å². The quantitative estimate of drug-likeness (QED) is 0.465. The number of nitro groups is 1. The van der Waals surface area contributed by atoms with E-state index in [2.05, 4.69) is 42.2 Å². The topological polar surface area (TPSA) is 85.1 Å². The average molecular weight is 415 g/mol. The van der Waals surface area contributed by atoms with Crippen molar-refractivity contribution in [3.63, 3.8) is 0 Å². The summed E-state index contributed by atoms with van der Waals surface area (Å²) in [4.78, 5) is 26.6. The third-order valence-electron chi connectivity index (χ3n) is 2.71. The molecule has 0 saturated heterocycles. The number of amides is 1. The van der Waals surface area contributed by atoms with Crippen molar-refractivity contribution in [2.45, 2.75) is 6.92 Å². The number of nitrogens with zero attached hydrogens (tertiary/aromatic N) is 2. The largest absolute Gasteiger partial charge is 0.320 e. The fourth-order valence-electron chi connectivity index (χ4n) is 1.65. The fraction of sp³-hybridized carbons (Fsp3) is 0.0769. The highest BCUT2D eigenvalue weighted by Gasteiger charge is 2.16. The molecule has 0 radical (unpaired) electrons. The number of rotatable bonds is 3. The summed E-state index contributed by atoms with van der Waals surface area (Å²) in [5.41, 5.74) is 1.22. The van der Waals surface area contributed by atoms with Gasteiger partial charge in [0.25, 0.3) is 11.6 Å². The molecule has 0 atom stereocenters. The van der Waals surface area contributed by atoms with E-state index >= 15 is 0 Å². The molecule has 0 aliphatic heterocycles. The van der Waals surface area contributed by atoms with Crippen LogP contribution in [0, 0.1) is 17.0 Å². The maximum Gasteiger partial charge on any atom is 0.270 e. The molecule has 21 heavy (non-hydrogen) atoms. The molecule has 1 aromatic heterocycles. The summed E-state index contributed by atoms with van der Waals surface area (Å²) in [6.45, 7) is 1.75. The van der Waals surface area contributed by atoms with Crippen molar-refractivity contribution in [3.8, 4) is 0 Å². The van der Waals surface area contributed by atoms with Gasteiger partial charge in [-0.3, -0.25) is 14.9 Å². The second-order valence-electron chi connectivity index (χ2n) is 4.14. The van der Waals surface area contributed by atoms with Crippen molar-refractivity contribution in [3.05, 3.63) is 60.8 Å². The molecule has 0 unspecified atom stereocenters. The van der Waals surface area contributed by atoms with Crippen LogP contribution in [0.3, 0.4) is 0 Å². The van der Waals surface area contributed by atoms with Gasteiger partial charge < -0.3 is 5.32 Å². The Balaban J connectivity index is 2.32. The van der Waals surface area contributed by atoms with Crippen LogP contribution >= 0.6 is 31.9 Å². The monoisotopic (exact) mass is 413 g/mol. The van der Waals surface area contributed by atoms with Gasteiger partial charge in [0, 0.05) is 16.6 Å². The second-order valence-corrected chi connectivity index (χ2v) is 5.81. The van der Waals surface area contributed by atoms with Gasteiger partial charge in [0.05, 0.1) is 21.9 Å². The van der Waals surface area contributed by atoms with Gasteiger partial charge in [0.1, 0.15) is 4.60 Å². The third kappa shape index (κ3) is 3.64. The zero-order valence-electron chi connectivity index (χ0n) is 10.8. The number of nitrogens with one attached hydrogen (secondary N) is 1. The maximum atomic E-state index is 12.2. The lowest BCUT2D eigenvalue weighted by molar-refractivity contribution is -0.384.